The van der Waals surface area contributed by atoms with E-state index in [1.165, 1.54) is 4.90 Å². The van der Waals surface area contributed by atoms with E-state index in [9.17, 15) is 13.2 Å². The third kappa shape index (κ3) is 5.47. The molecule has 0 saturated carbocycles. The molecule has 1 N–H and O–H groups in total. The van der Waals surface area contributed by atoms with E-state index in [-0.39, 0.29) is 12.0 Å². The zero-order valence-corrected chi connectivity index (χ0v) is 14.6. The van der Waals surface area contributed by atoms with Gasteiger partial charge in [-0.05, 0) is 19.4 Å². The van der Waals surface area contributed by atoms with Crippen molar-refractivity contribution in [1.29, 1.82) is 0 Å². The molecule has 0 amide bonds. The minimum atomic E-state index is -4.17. The predicted octanol–water partition coefficient (Wildman–Crippen LogP) is 2.50. The van der Waals surface area contributed by atoms with Crippen molar-refractivity contribution in [3.63, 3.8) is 0 Å². The van der Waals surface area contributed by atoms with Gasteiger partial charge >= 0.3 is 6.18 Å². The van der Waals surface area contributed by atoms with Crippen LogP contribution in [0.25, 0.3) is 0 Å². The molecule has 1 aromatic rings. The Labute approximate surface area is 140 Å². The van der Waals surface area contributed by atoms with Crippen molar-refractivity contribution in [3.8, 4) is 0 Å². The van der Waals surface area contributed by atoms with Gasteiger partial charge in [0, 0.05) is 32.6 Å². The number of halogens is 3. The van der Waals surface area contributed by atoms with Gasteiger partial charge in [0.15, 0.2) is 0 Å². The standard InChI is InChI=1S/C15H25F3N6/c1-10(2)12-20-13(22-14(21-12)23(3)4)19-11-6-5-7-24(8-11)9-15(16,17)18/h10-11H,5-9H2,1-4H3,(H,19,20,21,22). The van der Waals surface area contributed by atoms with Crippen molar-refractivity contribution < 1.29 is 13.2 Å². The van der Waals surface area contributed by atoms with E-state index in [4.69, 9.17) is 0 Å². The summed E-state index contributed by atoms with van der Waals surface area (Å²) >= 11 is 0. The summed E-state index contributed by atoms with van der Waals surface area (Å²) in [5, 5.41) is 3.19. The van der Waals surface area contributed by atoms with Crippen LogP contribution in [0.5, 0.6) is 0 Å². The Balaban J connectivity index is 2.09. The topological polar surface area (TPSA) is 57.2 Å². The fraction of sp³-hybridized carbons (Fsp3) is 0.800. The van der Waals surface area contributed by atoms with Crippen molar-refractivity contribution in [2.75, 3.05) is 43.9 Å². The third-order valence-electron chi connectivity index (χ3n) is 3.80. The number of aromatic nitrogens is 3. The van der Waals surface area contributed by atoms with Gasteiger partial charge in [0.05, 0.1) is 6.54 Å². The first kappa shape index (κ1) is 18.7. The molecule has 1 aliphatic heterocycles. The van der Waals surface area contributed by atoms with Crippen molar-refractivity contribution >= 4 is 11.9 Å². The molecule has 2 heterocycles. The first-order valence-electron chi connectivity index (χ1n) is 8.13. The molecule has 24 heavy (non-hydrogen) atoms. The number of nitrogens with one attached hydrogen (secondary N) is 1. The van der Waals surface area contributed by atoms with Crippen LogP contribution in [-0.2, 0) is 0 Å². The molecule has 6 nitrogen and oxygen atoms in total. The molecule has 1 unspecified atom stereocenters. The lowest BCUT2D eigenvalue weighted by atomic mass is 10.1. The highest BCUT2D eigenvalue weighted by atomic mass is 19.4. The second-order valence-corrected chi connectivity index (χ2v) is 6.70. The third-order valence-corrected chi connectivity index (χ3v) is 3.80. The quantitative estimate of drug-likeness (QED) is 0.884. The summed E-state index contributed by atoms with van der Waals surface area (Å²) < 4.78 is 37.7. The van der Waals surface area contributed by atoms with E-state index >= 15 is 0 Å². The number of likely N-dealkylation sites (tertiary alicyclic amines) is 1. The van der Waals surface area contributed by atoms with E-state index in [0.29, 0.717) is 30.8 Å². The van der Waals surface area contributed by atoms with Gasteiger partial charge < -0.3 is 10.2 Å². The van der Waals surface area contributed by atoms with Gasteiger partial charge in [-0.25, -0.2) is 0 Å². The Kier molecular flexibility index (Phi) is 5.84. The van der Waals surface area contributed by atoms with Crippen LogP contribution in [0.3, 0.4) is 0 Å². The minimum absolute atomic E-state index is 0.0986. The highest BCUT2D eigenvalue weighted by molar-refractivity contribution is 5.37. The molecule has 1 aliphatic rings. The molecule has 0 radical (unpaired) electrons. The molecule has 1 saturated heterocycles. The maximum absolute atomic E-state index is 12.6. The van der Waals surface area contributed by atoms with Gasteiger partial charge in [0.2, 0.25) is 11.9 Å². The molecule has 0 spiro atoms. The Hall–Kier alpha value is -1.64. The summed E-state index contributed by atoms with van der Waals surface area (Å²) in [6.45, 7) is 3.91. The highest BCUT2D eigenvalue weighted by Gasteiger charge is 2.33. The molecule has 0 aliphatic carbocycles. The summed E-state index contributed by atoms with van der Waals surface area (Å²) in [7, 11) is 3.68. The number of anilines is 2. The molecule has 0 aromatic carbocycles. The van der Waals surface area contributed by atoms with Crippen molar-refractivity contribution in [1.82, 2.24) is 19.9 Å². The largest absolute Gasteiger partial charge is 0.401 e. The summed E-state index contributed by atoms with van der Waals surface area (Å²) in [5.74, 6) is 1.77. The smallest absolute Gasteiger partial charge is 0.350 e. The fourth-order valence-electron chi connectivity index (χ4n) is 2.66. The Morgan fingerprint density at radius 2 is 1.96 bits per heavy atom. The second-order valence-electron chi connectivity index (χ2n) is 6.70. The summed E-state index contributed by atoms with van der Waals surface area (Å²) in [6, 6.07) is -0.0986. The number of rotatable bonds is 5. The molecule has 0 bridgehead atoms. The number of hydrogen-bond donors (Lipinski definition) is 1. The van der Waals surface area contributed by atoms with Crippen molar-refractivity contribution in [3.05, 3.63) is 5.82 Å². The molecule has 136 valence electrons. The van der Waals surface area contributed by atoms with E-state index in [0.717, 1.165) is 12.8 Å². The van der Waals surface area contributed by atoms with E-state index < -0.39 is 12.7 Å². The number of alkyl halides is 3. The number of nitrogens with zero attached hydrogens (tertiary/aromatic N) is 5. The average Bonchev–Trinajstić information content (AvgIpc) is 2.45. The average molecular weight is 346 g/mol. The monoisotopic (exact) mass is 346 g/mol. The van der Waals surface area contributed by atoms with Crippen LogP contribution < -0.4 is 10.2 Å². The molecular weight excluding hydrogens is 321 g/mol. The molecule has 2 rings (SSSR count). The Morgan fingerprint density at radius 3 is 2.54 bits per heavy atom. The lowest BCUT2D eigenvalue weighted by Crippen LogP contribution is -2.46. The molecule has 1 atom stereocenters. The van der Waals surface area contributed by atoms with Gasteiger partial charge in [-0.2, -0.15) is 28.1 Å². The zero-order chi connectivity index (χ0) is 17.9. The van der Waals surface area contributed by atoms with Crippen LogP contribution >= 0.6 is 0 Å². The van der Waals surface area contributed by atoms with Gasteiger partial charge in [0.1, 0.15) is 5.82 Å². The van der Waals surface area contributed by atoms with Crippen LogP contribution in [0.1, 0.15) is 38.4 Å². The Morgan fingerprint density at radius 1 is 1.25 bits per heavy atom. The van der Waals surface area contributed by atoms with Crippen LogP contribution in [0.4, 0.5) is 25.1 Å². The SMILES string of the molecule is CC(C)c1nc(NC2CCCN(CC(F)(F)F)C2)nc(N(C)C)n1. The van der Waals surface area contributed by atoms with Crippen LogP contribution in [0.15, 0.2) is 0 Å². The first-order chi connectivity index (χ1) is 11.1. The van der Waals surface area contributed by atoms with Crippen molar-refractivity contribution in [2.24, 2.45) is 0 Å². The predicted molar refractivity (Wildman–Crippen MR) is 87.4 cm³/mol. The maximum atomic E-state index is 12.6. The number of hydrogen-bond acceptors (Lipinski definition) is 6. The highest BCUT2D eigenvalue weighted by Crippen LogP contribution is 2.22. The van der Waals surface area contributed by atoms with E-state index in [1.807, 2.05) is 27.9 Å². The summed E-state index contributed by atoms with van der Waals surface area (Å²) in [5.41, 5.74) is 0. The van der Waals surface area contributed by atoms with Gasteiger partial charge in [-0.15, -0.1) is 0 Å². The lowest BCUT2D eigenvalue weighted by Gasteiger charge is -2.33. The number of piperidine rings is 1. The van der Waals surface area contributed by atoms with Gasteiger partial charge in [-0.3, -0.25) is 4.90 Å². The molecule has 1 fully saturated rings. The van der Waals surface area contributed by atoms with Crippen LogP contribution in [-0.4, -0.2) is 65.8 Å². The minimum Gasteiger partial charge on any atom is -0.350 e. The maximum Gasteiger partial charge on any atom is 0.401 e. The van der Waals surface area contributed by atoms with Crippen LogP contribution in [0, 0.1) is 0 Å². The van der Waals surface area contributed by atoms with E-state index in [2.05, 4.69) is 20.3 Å². The fourth-order valence-corrected chi connectivity index (χ4v) is 2.66. The lowest BCUT2D eigenvalue weighted by molar-refractivity contribution is -0.147. The second kappa shape index (κ2) is 7.50. The van der Waals surface area contributed by atoms with Gasteiger partial charge in [-0.1, -0.05) is 13.8 Å². The molecule has 9 heteroatoms. The van der Waals surface area contributed by atoms with Crippen molar-refractivity contribution in [2.45, 2.75) is 44.8 Å². The van der Waals surface area contributed by atoms with Gasteiger partial charge in [0.25, 0.3) is 0 Å². The molecular formula is C15H25F3N6. The normalized spacial score (nSPS) is 19.6. The zero-order valence-electron chi connectivity index (χ0n) is 14.6. The Bertz CT molecular complexity index is 520. The summed E-state index contributed by atoms with van der Waals surface area (Å²) in [6.07, 6.45) is -2.65. The van der Waals surface area contributed by atoms with E-state index in [1.54, 1.807) is 4.90 Å². The first-order valence-corrected chi connectivity index (χ1v) is 8.13. The van der Waals surface area contributed by atoms with Crippen LogP contribution in [0.2, 0.25) is 0 Å². The molecule has 1 aromatic heterocycles. The summed E-state index contributed by atoms with van der Waals surface area (Å²) in [4.78, 5) is 16.4.